The van der Waals surface area contributed by atoms with Crippen LogP contribution in [0.4, 0.5) is 17.5 Å². The Balaban J connectivity index is 0.999. The van der Waals surface area contributed by atoms with E-state index < -0.39 is 15.9 Å². The molecular formula is C31H46BrN9O4S. The largest absolute Gasteiger partial charge is 0.366 e. The minimum absolute atomic E-state index is 0.0128. The Kier molecular flexibility index (Phi) is 11.2. The van der Waals surface area contributed by atoms with Crippen LogP contribution in [0, 0.1) is 12.3 Å². The molecule has 4 heterocycles. The number of nitrogens with zero attached hydrogens (tertiary/aromatic N) is 5. The molecule has 1 spiro atoms. The number of aromatic nitrogens is 2. The average Bonchev–Trinajstić information content (AvgIpc) is 2.96. The Bertz CT molecular complexity index is 1500. The van der Waals surface area contributed by atoms with E-state index in [9.17, 15) is 18.0 Å². The summed E-state index contributed by atoms with van der Waals surface area (Å²) in [5, 5.41) is 9.27. The summed E-state index contributed by atoms with van der Waals surface area (Å²) in [6.45, 7) is 11.6. The van der Waals surface area contributed by atoms with Crippen molar-refractivity contribution < 1.29 is 18.0 Å². The lowest BCUT2D eigenvalue weighted by atomic mass is 9.72. The summed E-state index contributed by atoms with van der Waals surface area (Å²) in [4.78, 5) is 38.2. The molecule has 13 nitrogen and oxygen atoms in total. The highest BCUT2D eigenvalue weighted by Gasteiger charge is 2.50. The van der Waals surface area contributed by atoms with Gasteiger partial charge in [-0.15, -0.1) is 0 Å². The Labute approximate surface area is 280 Å². The van der Waals surface area contributed by atoms with E-state index in [1.54, 1.807) is 12.3 Å². The van der Waals surface area contributed by atoms with E-state index in [1.807, 2.05) is 19.1 Å². The average molecular weight is 721 g/mol. The molecule has 0 atom stereocenters. The number of carbonyl (C=O) groups excluding carboxylic acids is 2. The smallest absolute Gasteiger partial charge is 0.251 e. The number of piperidine rings is 1. The summed E-state index contributed by atoms with van der Waals surface area (Å²) >= 11 is 3.46. The van der Waals surface area contributed by atoms with Crippen molar-refractivity contribution in [3.05, 3.63) is 40.0 Å². The van der Waals surface area contributed by atoms with Crippen LogP contribution < -0.4 is 21.7 Å². The second kappa shape index (κ2) is 14.9. The maximum atomic E-state index is 13.0. The molecule has 0 radical (unpaired) electrons. The molecular weight excluding hydrogens is 674 g/mol. The van der Waals surface area contributed by atoms with Crippen molar-refractivity contribution in [1.82, 2.24) is 29.4 Å². The van der Waals surface area contributed by atoms with E-state index in [0.29, 0.717) is 65.3 Å². The van der Waals surface area contributed by atoms with E-state index in [-0.39, 0.29) is 24.2 Å². The van der Waals surface area contributed by atoms with Gasteiger partial charge in [0, 0.05) is 69.9 Å². The van der Waals surface area contributed by atoms with Gasteiger partial charge < -0.3 is 31.5 Å². The summed E-state index contributed by atoms with van der Waals surface area (Å²) in [5.74, 6) is 0.109. The molecule has 5 N–H and O–H groups in total. The van der Waals surface area contributed by atoms with E-state index in [4.69, 9.17) is 5.73 Å². The van der Waals surface area contributed by atoms with Gasteiger partial charge in [0.1, 0.15) is 5.82 Å². The number of hydrogen-bond donors (Lipinski definition) is 4. The lowest BCUT2D eigenvalue weighted by Gasteiger charge is -2.60. The number of anilines is 3. The van der Waals surface area contributed by atoms with E-state index in [0.717, 1.165) is 31.6 Å². The van der Waals surface area contributed by atoms with Crippen molar-refractivity contribution in [1.29, 1.82) is 0 Å². The van der Waals surface area contributed by atoms with Crippen molar-refractivity contribution in [2.75, 3.05) is 75.3 Å². The monoisotopic (exact) mass is 719 g/mol. The Morgan fingerprint density at radius 1 is 1.11 bits per heavy atom. The quantitative estimate of drug-likeness (QED) is 0.215. The molecule has 1 aromatic heterocycles. The van der Waals surface area contributed by atoms with Crippen molar-refractivity contribution >= 4 is 55.2 Å². The van der Waals surface area contributed by atoms with Crippen LogP contribution in [-0.2, 0) is 14.8 Å². The maximum absolute atomic E-state index is 13.0. The zero-order valence-electron chi connectivity index (χ0n) is 26.7. The lowest BCUT2D eigenvalue weighted by molar-refractivity contribution is -0.123. The number of nitrogens with two attached hydrogens (primary N) is 1. The number of rotatable bonds is 15. The summed E-state index contributed by atoms with van der Waals surface area (Å²) in [7, 11) is -3.49. The van der Waals surface area contributed by atoms with Crippen LogP contribution in [-0.4, -0.2) is 115 Å². The highest BCUT2D eigenvalue weighted by Crippen LogP contribution is 2.39. The number of nitrogens with one attached hydrogen (secondary N) is 3. The van der Waals surface area contributed by atoms with Gasteiger partial charge in [0.15, 0.2) is 0 Å². The normalized spacial score (nSPS) is 18.9. The molecule has 0 unspecified atom stereocenters. The van der Waals surface area contributed by atoms with Gasteiger partial charge in [0.25, 0.3) is 5.91 Å². The standard InChI is InChI=1S/C31H46BrN9O4S/c1-3-12-39-18-31(19-39)20-40(21-31)13-5-8-26(42)34-11-16-46(44,45)41-14-9-23(10-15-41)36-30-35-17-24(32)29(38-30)37-25-7-4-6-22(2)27(25)28(33)43/h4,6-7,17,23H,3,5,8-16,18-21H2,1-2H3,(H2,33,43)(H,34,42)(H2,35,36,37,38). The van der Waals surface area contributed by atoms with Gasteiger partial charge in [0.05, 0.1) is 21.5 Å². The van der Waals surface area contributed by atoms with Gasteiger partial charge in [-0.2, -0.15) is 4.98 Å². The maximum Gasteiger partial charge on any atom is 0.251 e. The molecule has 2 amide bonds. The first kappa shape index (κ1) is 34.5. The number of sulfonamides is 1. The second-order valence-electron chi connectivity index (χ2n) is 12.9. The lowest BCUT2D eigenvalue weighted by Crippen LogP contribution is -2.71. The number of primary amides is 1. The number of hydrogen-bond acceptors (Lipinski definition) is 10. The molecule has 46 heavy (non-hydrogen) atoms. The van der Waals surface area contributed by atoms with Gasteiger partial charge in [-0.05, 0) is 73.3 Å². The van der Waals surface area contributed by atoms with Crippen molar-refractivity contribution in [2.45, 2.75) is 52.0 Å². The molecule has 3 aliphatic rings. The highest BCUT2D eigenvalue weighted by atomic mass is 79.9. The fraction of sp³-hybridized carbons (Fsp3) is 0.613. The molecule has 1 aromatic carbocycles. The number of likely N-dealkylation sites (tertiary alicyclic amines) is 2. The summed E-state index contributed by atoms with van der Waals surface area (Å²) in [5.41, 5.74) is 7.77. The third kappa shape index (κ3) is 8.54. The van der Waals surface area contributed by atoms with Gasteiger partial charge in [-0.25, -0.2) is 17.7 Å². The molecule has 3 aliphatic heterocycles. The van der Waals surface area contributed by atoms with Gasteiger partial charge in [-0.1, -0.05) is 19.1 Å². The van der Waals surface area contributed by atoms with Crippen LogP contribution in [0.15, 0.2) is 28.9 Å². The zero-order chi connectivity index (χ0) is 32.9. The van der Waals surface area contributed by atoms with Crippen LogP contribution in [0.2, 0.25) is 0 Å². The minimum atomic E-state index is -3.49. The van der Waals surface area contributed by atoms with Gasteiger partial charge in [-0.3, -0.25) is 9.59 Å². The predicted molar refractivity (Wildman–Crippen MR) is 183 cm³/mol. The molecule has 5 rings (SSSR count). The van der Waals surface area contributed by atoms with E-state index in [2.05, 4.69) is 58.6 Å². The third-order valence-corrected chi connectivity index (χ3v) is 11.5. The second-order valence-corrected chi connectivity index (χ2v) is 15.8. The molecule has 0 bridgehead atoms. The molecule has 3 saturated heterocycles. The molecule has 2 aromatic rings. The van der Waals surface area contributed by atoms with Crippen LogP contribution in [0.1, 0.15) is 54.9 Å². The van der Waals surface area contributed by atoms with Gasteiger partial charge in [0.2, 0.25) is 21.9 Å². The zero-order valence-corrected chi connectivity index (χ0v) is 29.1. The number of amides is 2. The predicted octanol–water partition coefficient (Wildman–Crippen LogP) is 2.52. The van der Waals surface area contributed by atoms with Crippen LogP contribution in [0.25, 0.3) is 0 Å². The first-order valence-corrected chi connectivity index (χ1v) is 18.5. The minimum Gasteiger partial charge on any atom is -0.366 e. The number of halogens is 1. The van der Waals surface area contributed by atoms with Crippen LogP contribution in [0.3, 0.4) is 0 Å². The Hall–Kier alpha value is -2.85. The highest BCUT2D eigenvalue weighted by molar-refractivity contribution is 9.10. The Morgan fingerprint density at radius 3 is 2.48 bits per heavy atom. The third-order valence-electron chi connectivity index (χ3n) is 9.03. The molecule has 0 saturated carbocycles. The van der Waals surface area contributed by atoms with Crippen LogP contribution in [0.5, 0.6) is 0 Å². The van der Waals surface area contributed by atoms with Crippen molar-refractivity contribution in [3.63, 3.8) is 0 Å². The molecule has 0 aliphatic carbocycles. The van der Waals surface area contributed by atoms with Crippen molar-refractivity contribution in [3.8, 4) is 0 Å². The van der Waals surface area contributed by atoms with E-state index in [1.165, 1.54) is 30.4 Å². The molecule has 3 fully saturated rings. The number of benzene rings is 1. The van der Waals surface area contributed by atoms with Gasteiger partial charge >= 0.3 is 0 Å². The first-order valence-electron chi connectivity index (χ1n) is 16.1. The summed E-state index contributed by atoms with van der Waals surface area (Å²) in [6.07, 6.45) is 5.19. The van der Waals surface area contributed by atoms with Crippen LogP contribution >= 0.6 is 15.9 Å². The Morgan fingerprint density at radius 2 is 1.80 bits per heavy atom. The number of carbonyl (C=O) groups is 2. The number of aryl methyl sites for hydroxylation is 1. The molecule has 252 valence electrons. The van der Waals surface area contributed by atoms with E-state index >= 15 is 0 Å². The topological polar surface area (TPSA) is 166 Å². The SMILES string of the molecule is CCCN1CC2(C1)CN(CCCC(=O)NCCS(=O)(=O)N1CCC(Nc3ncc(Br)c(Nc4cccc(C)c4C(N)=O)n3)CC1)C2. The summed E-state index contributed by atoms with van der Waals surface area (Å²) < 4.78 is 28.0. The fourth-order valence-corrected chi connectivity index (χ4v) is 8.52. The van der Waals surface area contributed by atoms with Crippen molar-refractivity contribution in [2.24, 2.45) is 11.1 Å². The molecule has 15 heteroatoms. The summed E-state index contributed by atoms with van der Waals surface area (Å²) in [6, 6.07) is 5.39. The fourth-order valence-electron chi connectivity index (χ4n) is 6.85. The first-order chi connectivity index (χ1) is 22.0.